The van der Waals surface area contributed by atoms with Gasteiger partial charge in [-0.3, -0.25) is 4.79 Å². The Morgan fingerprint density at radius 1 is 0.526 bits per heavy atom. The molecular formula is C31H28O7. The summed E-state index contributed by atoms with van der Waals surface area (Å²) >= 11 is 0. The van der Waals surface area contributed by atoms with Crippen LogP contribution in [0.4, 0.5) is 0 Å². The fourth-order valence-corrected chi connectivity index (χ4v) is 4.32. The molecule has 4 rings (SSSR count). The van der Waals surface area contributed by atoms with Gasteiger partial charge in [0.25, 0.3) is 0 Å². The van der Waals surface area contributed by atoms with Crippen LogP contribution in [0.15, 0.2) is 78.9 Å². The van der Waals surface area contributed by atoms with Crippen molar-refractivity contribution in [3.63, 3.8) is 0 Å². The van der Waals surface area contributed by atoms with Crippen LogP contribution in [0.5, 0.6) is 23.0 Å². The van der Waals surface area contributed by atoms with Crippen molar-refractivity contribution in [3.05, 3.63) is 95.6 Å². The van der Waals surface area contributed by atoms with E-state index >= 15 is 0 Å². The summed E-state index contributed by atoms with van der Waals surface area (Å²) in [7, 11) is 7.56. The molecule has 0 aliphatic rings. The molecule has 0 spiro atoms. The van der Waals surface area contributed by atoms with E-state index in [9.17, 15) is 9.59 Å². The maximum atomic E-state index is 13.9. The van der Waals surface area contributed by atoms with E-state index in [4.69, 9.17) is 23.7 Å². The summed E-state index contributed by atoms with van der Waals surface area (Å²) in [5.41, 5.74) is 3.56. The van der Waals surface area contributed by atoms with Crippen molar-refractivity contribution in [3.8, 4) is 45.3 Å². The molecule has 0 aliphatic heterocycles. The van der Waals surface area contributed by atoms with Crippen molar-refractivity contribution in [2.75, 3.05) is 35.5 Å². The number of ketones is 1. The molecule has 0 saturated carbocycles. The maximum absolute atomic E-state index is 13.9. The van der Waals surface area contributed by atoms with Crippen LogP contribution in [0, 0.1) is 0 Å². The van der Waals surface area contributed by atoms with E-state index in [0.29, 0.717) is 56.4 Å². The summed E-state index contributed by atoms with van der Waals surface area (Å²) in [6.45, 7) is 0. The van der Waals surface area contributed by atoms with Crippen LogP contribution in [-0.4, -0.2) is 47.3 Å². The molecule has 0 aliphatic carbocycles. The zero-order valence-electron chi connectivity index (χ0n) is 21.9. The highest BCUT2D eigenvalue weighted by Crippen LogP contribution is 2.38. The fourth-order valence-electron chi connectivity index (χ4n) is 4.32. The topological polar surface area (TPSA) is 80.3 Å². The fraction of sp³-hybridized carbons (Fsp3) is 0.161. The number of esters is 1. The van der Waals surface area contributed by atoms with Crippen LogP contribution >= 0.6 is 0 Å². The van der Waals surface area contributed by atoms with Crippen molar-refractivity contribution in [2.45, 2.75) is 0 Å². The van der Waals surface area contributed by atoms with E-state index < -0.39 is 5.97 Å². The molecule has 0 fully saturated rings. The van der Waals surface area contributed by atoms with Gasteiger partial charge in [0, 0.05) is 27.8 Å². The number of methoxy groups -OCH3 is 5. The first-order chi connectivity index (χ1) is 18.4. The summed E-state index contributed by atoms with van der Waals surface area (Å²) in [5.74, 6) is 1.53. The maximum Gasteiger partial charge on any atom is 0.338 e. The summed E-state index contributed by atoms with van der Waals surface area (Å²) in [5, 5.41) is 0. The molecule has 0 heterocycles. The van der Waals surface area contributed by atoms with Gasteiger partial charge in [-0.1, -0.05) is 36.4 Å². The van der Waals surface area contributed by atoms with Crippen LogP contribution < -0.4 is 18.9 Å². The monoisotopic (exact) mass is 512 g/mol. The number of rotatable bonds is 9. The Hall–Kier alpha value is -4.78. The third-order valence-corrected chi connectivity index (χ3v) is 6.25. The Bertz CT molecular complexity index is 1490. The quantitative estimate of drug-likeness (QED) is 0.199. The molecule has 0 bridgehead atoms. The van der Waals surface area contributed by atoms with E-state index in [-0.39, 0.29) is 11.3 Å². The Balaban J connectivity index is 1.86. The predicted octanol–water partition coefficient (Wildman–Crippen LogP) is 6.07. The molecule has 7 nitrogen and oxygen atoms in total. The second kappa shape index (κ2) is 11.5. The van der Waals surface area contributed by atoms with Gasteiger partial charge in [-0.2, -0.15) is 0 Å². The summed E-state index contributed by atoms with van der Waals surface area (Å²) < 4.78 is 26.9. The molecule has 0 N–H and O–H groups in total. The SMILES string of the molecule is COC(=O)c1cc(C(=O)c2ccccc2-c2cc(OC)ccc2OC)ccc1-c1cc(OC)ccc1OC. The van der Waals surface area contributed by atoms with Crippen molar-refractivity contribution < 1.29 is 33.3 Å². The van der Waals surface area contributed by atoms with Gasteiger partial charge in [0.15, 0.2) is 5.78 Å². The molecule has 4 aromatic rings. The van der Waals surface area contributed by atoms with Gasteiger partial charge in [-0.15, -0.1) is 0 Å². The minimum Gasteiger partial charge on any atom is -0.497 e. The second-order valence-corrected chi connectivity index (χ2v) is 8.26. The largest absolute Gasteiger partial charge is 0.497 e. The van der Waals surface area contributed by atoms with Gasteiger partial charge < -0.3 is 23.7 Å². The van der Waals surface area contributed by atoms with Crippen LogP contribution in [0.25, 0.3) is 22.3 Å². The van der Waals surface area contributed by atoms with Crippen molar-refractivity contribution in [1.29, 1.82) is 0 Å². The number of hydrogen-bond donors (Lipinski definition) is 0. The van der Waals surface area contributed by atoms with E-state index in [1.807, 2.05) is 18.2 Å². The third-order valence-electron chi connectivity index (χ3n) is 6.25. The lowest BCUT2D eigenvalue weighted by Crippen LogP contribution is -2.09. The van der Waals surface area contributed by atoms with Crippen molar-refractivity contribution >= 4 is 11.8 Å². The van der Waals surface area contributed by atoms with Gasteiger partial charge >= 0.3 is 5.97 Å². The standard InChI is InChI=1S/C31H28O7/c1-34-20-11-14-28(36-3)25(17-20)22-8-6-7-9-24(22)30(32)19-10-13-23(27(16-19)31(33)38-5)26-18-21(35-2)12-15-29(26)37-4/h6-18H,1-5H3. The molecule has 0 radical (unpaired) electrons. The van der Waals surface area contributed by atoms with Gasteiger partial charge in [-0.25, -0.2) is 4.79 Å². The average molecular weight is 513 g/mol. The summed E-state index contributed by atoms with van der Waals surface area (Å²) in [6, 6.07) is 22.9. The van der Waals surface area contributed by atoms with Crippen LogP contribution in [0.3, 0.4) is 0 Å². The molecule has 194 valence electrons. The third kappa shape index (κ3) is 5.04. The lowest BCUT2D eigenvalue weighted by Gasteiger charge is -2.16. The number of benzene rings is 4. The Morgan fingerprint density at radius 3 is 1.61 bits per heavy atom. The first-order valence-electron chi connectivity index (χ1n) is 11.8. The van der Waals surface area contributed by atoms with E-state index in [1.54, 1.807) is 89.1 Å². The van der Waals surface area contributed by atoms with E-state index in [0.717, 1.165) is 0 Å². The first kappa shape index (κ1) is 26.3. The summed E-state index contributed by atoms with van der Waals surface area (Å²) in [6.07, 6.45) is 0. The van der Waals surface area contributed by atoms with E-state index in [2.05, 4.69) is 0 Å². The summed E-state index contributed by atoms with van der Waals surface area (Å²) in [4.78, 5) is 26.7. The molecule has 0 unspecified atom stereocenters. The van der Waals surface area contributed by atoms with Crippen LogP contribution in [-0.2, 0) is 4.74 Å². The lowest BCUT2D eigenvalue weighted by atomic mass is 9.90. The van der Waals surface area contributed by atoms with Crippen LogP contribution in [0.2, 0.25) is 0 Å². The normalized spacial score (nSPS) is 10.4. The smallest absolute Gasteiger partial charge is 0.338 e. The van der Waals surface area contributed by atoms with Gasteiger partial charge in [0.1, 0.15) is 23.0 Å². The van der Waals surface area contributed by atoms with E-state index in [1.165, 1.54) is 7.11 Å². The number of carbonyl (C=O) groups is 2. The Morgan fingerprint density at radius 2 is 1.08 bits per heavy atom. The molecule has 38 heavy (non-hydrogen) atoms. The number of ether oxygens (including phenoxy) is 5. The Kier molecular flexibility index (Phi) is 7.97. The average Bonchev–Trinajstić information content (AvgIpc) is 2.99. The second-order valence-electron chi connectivity index (χ2n) is 8.26. The highest BCUT2D eigenvalue weighted by atomic mass is 16.5. The van der Waals surface area contributed by atoms with Gasteiger partial charge in [0.05, 0.1) is 41.1 Å². The molecular weight excluding hydrogens is 484 g/mol. The minimum absolute atomic E-state index is 0.223. The Labute approximate surface area is 221 Å². The lowest BCUT2D eigenvalue weighted by molar-refractivity contribution is 0.0601. The number of carbonyl (C=O) groups excluding carboxylic acids is 2. The molecule has 0 atom stereocenters. The molecule has 0 amide bonds. The van der Waals surface area contributed by atoms with Crippen molar-refractivity contribution in [2.24, 2.45) is 0 Å². The minimum atomic E-state index is -0.581. The molecule has 0 aromatic heterocycles. The zero-order chi connectivity index (χ0) is 27.2. The molecule has 7 heteroatoms. The highest BCUT2D eigenvalue weighted by molar-refractivity contribution is 6.14. The highest BCUT2D eigenvalue weighted by Gasteiger charge is 2.22. The first-order valence-corrected chi connectivity index (χ1v) is 11.8. The van der Waals surface area contributed by atoms with Gasteiger partial charge in [-0.05, 0) is 48.0 Å². The predicted molar refractivity (Wildman–Crippen MR) is 145 cm³/mol. The van der Waals surface area contributed by atoms with Crippen molar-refractivity contribution in [1.82, 2.24) is 0 Å². The molecule has 0 saturated heterocycles. The zero-order valence-corrected chi connectivity index (χ0v) is 21.9. The van der Waals surface area contributed by atoms with Crippen LogP contribution in [0.1, 0.15) is 26.3 Å². The van der Waals surface area contributed by atoms with Gasteiger partial charge in [0.2, 0.25) is 0 Å². The molecule has 4 aromatic carbocycles. The number of hydrogen-bond acceptors (Lipinski definition) is 7.